The molecule has 2 atom stereocenters. The van der Waals surface area contributed by atoms with E-state index in [-0.39, 0.29) is 62.2 Å². The maximum atomic E-state index is 16.0. The summed E-state index contributed by atoms with van der Waals surface area (Å²) in [6.07, 6.45) is 3.16. The van der Waals surface area contributed by atoms with E-state index in [1.807, 2.05) is 4.90 Å². The van der Waals surface area contributed by atoms with E-state index in [0.717, 1.165) is 37.4 Å². The lowest BCUT2D eigenvalue weighted by Crippen LogP contribution is -2.41. The molecule has 12 heteroatoms. The summed E-state index contributed by atoms with van der Waals surface area (Å²) in [5, 5.41) is 14.5. The van der Waals surface area contributed by atoms with Crippen molar-refractivity contribution in [1.82, 2.24) is 10.2 Å². The lowest BCUT2D eigenvalue weighted by molar-refractivity contribution is 0.0526. The summed E-state index contributed by atoms with van der Waals surface area (Å²) >= 11 is 7.81. The highest BCUT2D eigenvalue weighted by Gasteiger charge is 2.37. The molecule has 2 aromatic rings. The second kappa shape index (κ2) is 10.00. The van der Waals surface area contributed by atoms with Crippen molar-refractivity contribution in [3.05, 3.63) is 34.4 Å². The van der Waals surface area contributed by atoms with Gasteiger partial charge in [0.05, 0.1) is 32.9 Å². The van der Waals surface area contributed by atoms with Crippen LogP contribution in [0.5, 0.6) is 5.75 Å². The van der Waals surface area contributed by atoms with Gasteiger partial charge in [-0.3, -0.25) is 10.7 Å². The van der Waals surface area contributed by atoms with Crippen molar-refractivity contribution in [2.45, 2.75) is 68.5 Å². The number of benzene rings is 2. The van der Waals surface area contributed by atoms with Gasteiger partial charge in [-0.05, 0) is 45.7 Å². The van der Waals surface area contributed by atoms with E-state index >= 15 is 4.39 Å². The quantitative estimate of drug-likeness (QED) is 0.323. The number of fused-ring (bicyclic) bond motifs is 3. The minimum atomic E-state index is -0.820. The molecule has 3 aliphatic heterocycles. The lowest BCUT2D eigenvalue weighted by atomic mass is 9.97. The number of thioether (sulfide) groups is 1. The van der Waals surface area contributed by atoms with Crippen LogP contribution < -0.4 is 21.1 Å². The molecule has 0 bridgehead atoms. The van der Waals surface area contributed by atoms with Gasteiger partial charge in [0.25, 0.3) is 0 Å². The first-order chi connectivity index (χ1) is 18.0. The minimum Gasteiger partial charge on any atom is -0.489 e. The molecule has 1 amide bonds. The average molecular weight is 566 g/mol. The van der Waals surface area contributed by atoms with Gasteiger partial charge in [-0.25, -0.2) is 13.6 Å². The molecule has 3 aliphatic rings. The molecule has 5 N–H and O–H groups in total. The van der Waals surface area contributed by atoms with Crippen molar-refractivity contribution in [1.29, 1.82) is 5.41 Å². The van der Waals surface area contributed by atoms with Gasteiger partial charge >= 0.3 is 6.09 Å². The summed E-state index contributed by atoms with van der Waals surface area (Å²) in [7, 11) is 0. The minimum absolute atomic E-state index is 0.0350. The number of amides is 1. The molecule has 0 aromatic heterocycles. The van der Waals surface area contributed by atoms with Gasteiger partial charge in [0.2, 0.25) is 0 Å². The number of halogens is 3. The number of hydrogen-bond donors (Lipinski definition) is 4. The first-order valence-corrected chi connectivity index (χ1v) is 13.8. The predicted molar refractivity (Wildman–Crippen MR) is 145 cm³/mol. The van der Waals surface area contributed by atoms with Crippen LogP contribution in [0, 0.1) is 17.0 Å². The fourth-order valence-electron chi connectivity index (χ4n) is 5.04. The molecule has 0 saturated carbocycles. The van der Waals surface area contributed by atoms with E-state index in [1.54, 1.807) is 20.8 Å². The molecule has 8 nitrogen and oxygen atoms in total. The number of rotatable bonds is 2. The lowest BCUT2D eigenvalue weighted by Gasteiger charge is -2.29. The van der Waals surface area contributed by atoms with Gasteiger partial charge in [0.15, 0.2) is 17.1 Å². The smallest absolute Gasteiger partial charge is 0.409 e. The fraction of sp³-hybridized carbons (Fsp3) is 0.462. The monoisotopic (exact) mass is 565 g/mol. The summed E-state index contributed by atoms with van der Waals surface area (Å²) in [5.41, 5.74) is 5.16. The van der Waals surface area contributed by atoms with Crippen LogP contribution in [0.3, 0.4) is 0 Å². The zero-order chi connectivity index (χ0) is 27.4. The first-order valence-electron chi connectivity index (χ1n) is 12.5. The summed E-state index contributed by atoms with van der Waals surface area (Å²) in [6, 6.07) is 2.58. The molecule has 3 heterocycles. The van der Waals surface area contributed by atoms with Gasteiger partial charge < -0.3 is 25.4 Å². The Labute approximate surface area is 229 Å². The Morgan fingerprint density at radius 3 is 2.79 bits per heavy atom. The van der Waals surface area contributed by atoms with Crippen molar-refractivity contribution in [3.63, 3.8) is 0 Å². The summed E-state index contributed by atoms with van der Waals surface area (Å²) in [6.45, 7) is 6.15. The molecule has 2 aromatic carbocycles. The van der Waals surface area contributed by atoms with Crippen LogP contribution in [-0.4, -0.2) is 47.1 Å². The Morgan fingerprint density at radius 1 is 1.29 bits per heavy atom. The Morgan fingerprint density at radius 2 is 2.05 bits per heavy atom. The Kier molecular flexibility index (Phi) is 7.02. The van der Waals surface area contributed by atoms with Crippen LogP contribution in [0.4, 0.5) is 25.0 Å². The van der Waals surface area contributed by atoms with Crippen LogP contribution in [0.25, 0.3) is 11.1 Å². The molecule has 5 rings (SSSR count). The van der Waals surface area contributed by atoms with Gasteiger partial charge in [-0.2, -0.15) is 0 Å². The van der Waals surface area contributed by atoms with E-state index in [1.165, 1.54) is 12.1 Å². The van der Waals surface area contributed by atoms with Crippen LogP contribution in [-0.2, 0) is 4.74 Å². The molecule has 0 spiro atoms. The zero-order valence-electron chi connectivity index (χ0n) is 21.3. The third-order valence-corrected chi connectivity index (χ3v) is 8.20. The predicted octanol–water partition coefficient (Wildman–Crippen LogP) is 6.16. The van der Waals surface area contributed by atoms with Crippen molar-refractivity contribution in [3.8, 4) is 16.9 Å². The van der Waals surface area contributed by atoms with Gasteiger partial charge in [0, 0.05) is 17.7 Å². The van der Waals surface area contributed by atoms with Gasteiger partial charge in [-0.1, -0.05) is 36.2 Å². The number of anilines is 2. The van der Waals surface area contributed by atoms with Crippen molar-refractivity contribution in [2.75, 3.05) is 24.2 Å². The molecule has 204 valence electrons. The van der Waals surface area contributed by atoms with Crippen molar-refractivity contribution < 1.29 is 23.0 Å². The maximum absolute atomic E-state index is 16.0. The molecule has 38 heavy (non-hydrogen) atoms. The van der Waals surface area contributed by atoms with E-state index in [9.17, 15) is 9.18 Å². The molecule has 1 saturated heterocycles. The zero-order valence-corrected chi connectivity index (χ0v) is 22.9. The fourth-order valence-corrected chi connectivity index (χ4v) is 6.41. The topological polar surface area (TPSA) is 113 Å². The summed E-state index contributed by atoms with van der Waals surface area (Å²) in [4.78, 5) is 14.4. The van der Waals surface area contributed by atoms with Crippen LogP contribution in [0.1, 0.15) is 52.0 Å². The third-order valence-electron chi connectivity index (χ3n) is 6.73. The van der Waals surface area contributed by atoms with E-state index in [4.69, 9.17) is 32.2 Å². The number of nitrogen functional groups attached to an aromatic ring is 1. The highest BCUT2D eigenvalue weighted by molar-refractivity contribution is 8.00. The SMILES string of the molecule is CC(C)(C)OC(=O)NC1Nc2c(-c3c(F)c(N)c4c(c3Cl)OCC3CCCCCN3C4=N)ccc(F)c2S1. The largest absolute Gasteiger partial charge is 0.489 e. The van der Waals surface area contributed by atoms with Gasteiger partial charge in [0.1, 0.15) is 23.9 Å². The molecule has 0 aliphatic carbocycles. The Balaban J connectivity index is 1.54. The number of carbonyl (C=O) groups excluding carboxylic acids is 1. The highest BCUT2D eigenvalue weighted by Crippen LogP contribution is 2.51. The van der Waals surface area contributed by atoms with Crippen molar-refractivity contribution in [2.24, 2.45) is 0 Å². The number of nitrogens with two attached hydrogens (primary N) is 1. The van der Waals surface area contributed by atoms with Crippen LogP contribution in [0.2, 0.25) is 5.02 Å². The standard InChI is InChI=1S/C26H30ClF2N5O3S/c1-26(2,3)37-25(35)33-24-32-20-13(8-9-14(28)22(20)38-24)15-17(27)21-16(19(30)18(15)29)23(31)34-10-6-4-5-7-12(34)11-36-21/h8-9,12,24,31-32H,4-7,10-11,30H2,1-3H3,(H,33,35). The number of ether oxygens (including phenoxy) is 2. The van der Waals surface area contributed by atoms with E-state index in [2.05, 4.69) is 10.6 Å². The number of nitrogens with one attached hydrogen (secondary N) is 3. The summed E-state index contributed by atoms with van der Waals surface area (Å²) < 4.78 is 42.2. The van der Waals surface area contributed by atoms with Crippen LogP contribution in [0.15, 0.2) is 17.0 Å². The highest BCUT2D eigenvalue weighted by atomic mass is 35.5. The maximum Gasteiger partial charge on any atom is 0.409 e. The first kappa shape index (κ1) is 26.7. The Bertz CT molecular complexity index is 1320. The van der Waals surface area contributed by atoms with E-state index < -0.39 is 28.8 Å². The summed E-state index contributed by atoms with van der Waals surface area (Å²) in [5.74, 6) is -1.13. The van der Waals surface area contributed by atoms with Crippen LogP contribution >= 0.6 is 23.4 Å². The number of hydrogen-bond acceptors (Lipinski definition) is 7. The third kappa shape index (κ3) is 4.82. The normalized spacial score (nSPS) is 20.8. The van der Waals surface area contributed by atoms with Gasteiger partial charge in [-0.15, -0.1) is 0 Å². The molecule has 0 radical (unpaired) electrons. The second-order valence-corrected chi connectivity index (χ2v) is 12.1. The second-order valence-electron chi connectivity index (χ2n) is 10.6. The molecule has 1 fully saturated rings. The molecule has 2 unspecified atom stereocenters. The molecular formula is C26H30ClF2N5O3S. The number of amidine groups is 1. The average Bonchev–Trinajstić information content (AvgIpc) is 3.03. The number of nitrogens with zero attached hydrogens (tertiary/aromatic N) is 1. The number of carbonyl (C=O) groups is 1. The molecular weight excluding hydrogens is 536 g/mol. The van der Waals surface area contributed by atoms with E-state index in [0.29, 0.717) is 6.54 Å². The Hall–Kier alpha value is -2.92. The van der Waals surface area contributed by atoms with Crippen molar-refractivity contribution >= 4 is 46.7 Å². The number of alkyl carbamates (subject to hydrolysis) is 1.